The summed E-state index contributed by atoms with van der Waals surface area (Å²) in [4.78, 5) is 8.80. The minimum Gasteiger partial charge on any atom is -0.318 e. The van der Waals surface area contributed by atoms with Crippen LogP contribution in [-0.2, 0) is 0 Å². The van der Waals surface area contributed by atoms with Gasteiger partial charge in [0.1, 0.15) is 11.3 Å². The van der Waals surface area contributed by atoms with E-state index in [-0.39, 0.29) is 11.6 Å². The molecule has 0 saturated heterocycles. The zero-order chi connectivity index (χ0) is 15.4. The molecule has 0 atom stereocenters. The lowest BCUT2D eigenvalue weighted by Crippen LogP contribution is -2.02. The zero-order valence-electron chi connectivity index (χ0n) is 12.4. The van der Waals surface area contributed by atoms with Gasteiger partial charge < -0.3 is 4.57 Å². The van der Waals surface area contributed by atoms with Crippen molar-refractivity contribution in [3.63, 3.8) is 0 Å². The van der Waals surface area contributed by atoms with Gasteiger partial charge in [-0.25, -0.2) is 13.8 Å². The summed E-state index contributed by atoms with van der Waals surface area (Å²) >= 11 is 0. The van der Waals surface area contributed by atoms with E-state index in [0.717, 1.165) is 35.6 Å². The molecule has 2 heterocycles. The molecule has 1 saturated carbocycles. The lowest BCUT2D eigenvalue weighted by atomic mass is 10.1. The second-order valence-electron chi connectivity index (χ2n) is 5.89. The standard InChI is InChI=1S/C17H15F2N3/c1-9-7-20-8-12(10(9)2)17-21-14-6-5-13(18)15(19)16(14)22(17)11-3-4-11/h5-8,11H,3-4H2,1-2H3. The predicted octanol–water partition coefficient (Wildman–Crippen LogP) is 4.33. The second-order valence-corrected chi connectivity index (χ2v) is 5.89. The Balaban J connectivity index is 2.08. The Morgan fingerprint density at radius 1 is 1.14 bits per heavy atom. The second kappa shape index (κ2) is 4.60. The molecule has 0 bridgehead atoms. The van der Waals surface area contributed by atoms with Crippen LogP contribution in [-0.4, -0.2) is 14.5 Å². The van der Waals surface area contributed by atoms with Crippen LogP contribution in [0.3, 0.4) is 0 Å². The molecular formula is C17H15F2N3. The highest BCUT2D eigenvalue weighted by molar-refractivity contribution is 5.82. The number of fused-ring (bicyclic) bond motifs is 1. The highest BCUT2D eigenvalue weighted by atomic mass is 19.2. The van der Waals surface area contributed by atoms with Crippen molar-refractivity contribution in [2.24, 2.45) is 0 Å². The highest BCUT2D eigenvalue weighted by Crippen LogP contribution is 2.42. The number of hydrogen-bond acceptors (Lipinski definition) is 2. The van der Waals surface area contributed by atoms with Gasteiger partial charge in [-0.1, -0.05) is 0 Å². The number of aromatic nitrogens is 3. The Hall–Kier alpha value is -2.30. The topological polar surface area (TPSA) is 30.7 Å². The van der Waals surface area contributed by atoms with Gasteiger partial charge in [0.25, 0.3) is 0 Å². The summed E-state index contributed by atoms with van der Waals surface area (Å²) in [5.41, 5.74) is 3.75. The molecule has 2 aromatic heterocycles. The van der Waals surface area contributed by atoms with E-state index >= 15 is 0 Å². The molecule has 4 rings (SSSR count). The van der Waals surface area contributed by atoms with Crippen molar-refractivity contribution in [3.8, 4) is 11.4 Å². The van der Waals surface area contributed by atoms with E-state index in [1.54, 1.807) is 12.4 Å². The first kappa shape index (κ1) is 13.4. The predicted molar refractivity (Wildman–Crippen MR) is 80.6 cm³/mol. The van der Waals surface area contributed by atoms with E-state index in [0.29, 0.717) is 11.3 Å². The number of imidazole rings is 1. The maximum atomic E-state index is 14.3. The van der Waals surface area contributed by atoms with Crippen LogP contribution < -0.4 is 0 Å². The van der Waals surface area contributed by atoms with Crippen LogP contribution in [0.25, 0.3) is 22.4 Å². The van der Waals surface area contributed by atoms with Gasteiger partial charge in [0.15, 0.2) is 11.6 Å². The fraction of sp³-hybridized carbons (Fsp3) is 0.294. The molecule has 1 aliphatic carbocycles. The molecule has 112 valence electrons. The van der Waals surface area contributed by atoms with Crippen molar-refractivity contribution in [1.29, 1.82) is 0 Å². The van der Waals surface area contributed by atoms with E-state index in [2.05, 4.69) is 9.97 Å². The quantitative estimate of drug-likeness (QED) is 0.705. The number of aryl methyl sites for hydroxylation is 1. The maximum absolute atomic E-state index is 14.3. The largest absolute Gasteiger partial charge is 0.318 e. The highest BCUT2D eigenvalue weighted by Gasteiger charge is 2.31. The van der Waals surface area contributed by atoms with Crippen molar-refractivity contribution in [2.45, 2.75) is 32.7 Å². The van der Waals surface area contributed by atoms with E-state index < -0.39 is 11.6 Å². The SMILES string of the molecule is Cc1cncc(-c2nc3ccc(F)c(F)c3n2C2CC2)c1C. The maximum Gasteiger partial charge on any atom is 0.184 e. The smallest absolute Gasteiger partial charge is 0.184 e. The van der Waals surface area contributed by atoms with Crippen molar-refractivity contribution in [2.75, 3.05) is 0 Å². The summed E-state index contributed by atoms with van der Waals surface area (Å²) in [6, 6.07) is 2.86. The molecule has 22 heavy (non-hydrogen) atoms. The van der Waals surface area contributed by atoms with Crippen LogP contribution >= 0.6 is 0 Å². The van der Waals surface area contributed by atoms with Gasteiger partial charge in [0.2, 0.25) is 0 Å². The third-order valence-electron chi connectivity index (χ3n) is 4.36. The minimum absolute atomic E-state index is 0.191. The van der Waals surface area contributed by atoms with E-state index in [9.17, 15) is 8.78 Å². The van der Waals surface area contributed by atoms with Crippen LogP contribution in [0.1, 0.15) is 30.0 Å². The molecule has 0 unspecified atom stereocenters. The summed E-state index contributed by atoms with van der Waals surface area (Å²) in [6.07, 6.45) is 5.47. The first-order chi connectivity index (χ1) is 10.6. The van der Waals surface area contributed by atoms with Gasteiger partial charge >= 0.3 is 0 Å². The zero-order valence-corrected chi connectivity index (χ0v) is 12.4. The van der Waals surface area contributed by atoms with Crippen LogP contribution in [0.5, 0.6) is 0 Å². The monoisotopic (exact) mass is 299 g/mol. The molecule has 0 radical (unpaired) electrons. The summed E-state index contributed by atoms with van der Waals surface area (Å²) in [7, 11) is 0. The Bertz CT molecular complexity index is 895. The van der Waals surface area contributed by atoms with E-state index in [1.807, 2.05) is 18.4 Å². The van der Waals surface area contributed by atoms with Crippen LogP contribution in [0.2, 0.25) is 0 Å². The Morgan fingerprint density at radius 2 is 1.91 bits per heavy atom. The number of nitrogens with zero attached hydrogens (tertiary/aromatic N) is 3. The molecule has 0 N–H and O–H groups in total. The number of hydrogen-bond donors (Lipinski definition) is 0. The van der Waals surface area contributed by atoms with E-state index in [4.69, 9.17) is 0 Å². The van der Waals surface area contributed by atoms with Gasteiger partial charge in [0.05, 0.1) is 5.52 Å². The number of benzene rings is 1. The third-order valence-corrected chi connectivity index (χ3v) is 4.36. The molecule has 1 fully saturated rings. The molecule has 5 heteroatoms. The minimum atomic E-state index is -0.833. The molecule has 0 aliphatic heterocycles. The fourth-order valence-electron chi connectivity index (χ4n) is 2.86. The van der Waals surface area contributed by atoms with Crippen LogP contribution in [0, 0.1) is 25.5 Å². The number of pyridine rings is 1. The lowest BCUT2D eigenvalue weighted by Gasteiger charge is -2.11. The van der Waals surface area contributed by atoms with Crippen LogP contribution in [0.15, 0.2) is 24.5 Å². The van der Waals surface area contributed by atoms with Gasteiger partial charge in [0, 0.05) is 24.0 Å². The molecule has 3 nitrogen and oxygen atoms in total. The number of rotatable bonds is 2. The summed E-state index contributed by atoms with van der Waals surface area (Å²) in [6.45, 7) is 3.98. The Morgan fingerprint density at radius 3 is 2.64 bits per heavy atom. The Kier molecular flexibility index (Phi) is 2.79. The van der Waals surface area contributed by atoms with Crippen molar-refractivity contribution in [1.82, 2.24) is 14.5 Å². The first-order valence-corrected chi connectivity index (χ1v) is 7.35. The Labute approximate surface area is 126 Å². The summed E-state index contributed by atoms with van der Waals surface area (Å²) in [5.74, 6) is -0.975. The molecule has 3 aromatic rings. The van der Waals surface area contributed by atoms with Crippen molar-refractivity contribution in [3.05, 3.63) is 47.3 Å². The van der Waals surface area contributed by atoms with Crippen LogP contribution in [0.4, 0.5) is 8.78 Å². The summed E-state index contributed by atoms with van der Waals surface area (Å²) in [5, 5.41) is 0. The average molecular weight is 299 g/mol. The van der Waals surface area contributed by atoms with Gasteiger partial charge in [-0.05, 0) is 49.9 Å². The first-order valence-electron chi connectivity index (χ1n) is 7.35. The van der Waals surface area contributed by atoms with Gasteiger partial charge in [-0.2, -0.15) is 0 Å². The fourth-order valence-corrected chi connectivity index (χ4v) is 2.86. The molecule has 0 spiro atoms. The molecule has 0 amide bonds. The third kappa shape index (κ3) is 1.85. The average Bonchev–Trinajstić information content (AvgIpc) is 3.26. The van der Waals surface area contributed by atoms with Gasteiger partial charge in [-0.3, -0.25) is 4.98 Å². The lowest BCUT2D eigenvalue weighted by molar-refractivity contribution is 0.511. The van der Waals surface area contributed by atoms with Gasteiger partial charge in [-0.15, -0.1) is 0 Å². The molecule has 1 aromatic carbocycles. The van der Waals surface area contributed by atoms with Crippen molar-refractivity contribution >= 4 is 11.0 Å². The summed E-state index contributed by atoms with van der Waals surface area (Å²) < 4.78 is 29.8. The molecule has 1 aliphatic rings. The normalized spacial score (nSPS) is 14.7. The number of halogens is 2. The molecular weight excluding hydrogens is 284 g/mol. The van der Waals surface area contributed by atoms with E-state index in [1.165, 1.54) is 6.07 Å². The van der Waals surface area contributed by atoms with Crippen molar-refractivity contribution < 1.29 is 8.78 Å².